The zero-order valence-electron chi connectivity index (χ0n) is 8.27. The van der Waals surface area contributed by atoms with Gasteiger partial charge < -0.3 is 10.4 Å². The van der Waals surface area contributed by atoms with E-state index in [4.69, 9.17) is 0 Å². The molecule has 1 saturated heterocycles. The maximum Gasteiger partial charge on any atom is 0.0591 e. The summed E-state index contributed by atoms with van der Waals surface area (Å²) in [5.41, 5.74) is -0.474. The van der Waals surface area contributed by atoms with Gasteiger partial charge in [0.15, 0.2) is 0 Å². The van der Waals surface area contributed by atoms with Gasteiger partial charge in [0.2, 0.25) is 0 Å². The molecule has 0 aliphatic carbocycles. The quantitative estimate of drug-likeness (QED) is 0.674. The van der Waals surface area contributed by atoms with Gasteiger partial charge in [0.05, 0.1) is 5.60 Å². The third-order valence-electron chi connectivity index (χ3n) is 2.50. The molecule has 0 aromatic carbocycles. The van der Waals surface area contributed by atoms with E-state index in [0.717, 1.165) is 18.9 Å². The lowest BCUT2D eigenvalue weighted by Gasteiger charge is -2.18. The van der Waals surface area contributed by atoms with Crippen molar-refractivity contribution in [3.63, 3.8) is 0 Å². The lowest BCUT2D eigenvalue weighted by Crippen LogP contribution is -2.23. The summed E-state index contributed by atoms with van der Waals surface area (Å²) in [7, 11) is 0. The van der Waals surface area contributed by atoms with Crippen LogP contribution in [0.15, 0.2) is 0 Å². The second-order valence-electron chi connectivity index (χ2n) is 4.50. The minimum Gasteiger partial charge on any atom is -0.390 e. The molecule has 0 radical (unpaired) electrons. The van der Waals surface area contributed by atoms with Gasteiger partial charge in [-0.3, -0.25) is 0 Å². The summed E-state index contributed by atoms with van der Waals surface area (Å²) in [4.78, 5) is 0. The van der Waals surface area contributed by atoms with Gasteiger partial charge in [-0.2, -0.15) is 0 Å². The normalized spacial score (nSPS) is 24.8. The fraction of sp³-hybridized carbons (Fsp3) is 1.00. The van der Waals surface area contributed by atoms with Gasteiger partial charge in [0.1, 0.15) is 0 Å². The van der Waals surface area contributed by atoms with Crippen LogP contribution in [0.1, 0.15) is 46.0 Å². The van der Waals surface area contributed by atoms with Crippen molar-refractivity contribution in [2.24, 2.45) is 0 Å². The third kappa shape index (κ3) is 4.07. The van der Waals surface area contributed by atoms with Crippen molar-refractivity contribution in [1.29, 1.82) is 0 Å². The average Bonchev–Trinajstić information content (AvgIpc) is 2.36. The molecule has 0 spiro atoms. The Labute approximate surface area is 75.4 Å². The van der Waals surface area contributed by atoms with E-state index in [-0.39, 0.29) is 0 Å². The molecule has 2 nitrogen and oxygen atoms in total. The van der Waals surface area contributed by atoms with Crippen LogP contribution < -0.4 is 5.32 Å². The van der Waals surface area contributed by atoms with E-state index in [1.54, 1.807) is 0 Å². The van der Waals surface area contributed by atoms with Gasteiger partial charge in [0, 0.05) is 6.04 Å². The molecule has 12 heavy (non-hydrogen) atoms. The van der Waals surface area contributed by atoms with Crippen molar-refractivity contribution in [1.82, 2.24) is 5.32 Å². The number of aliphatic hydroxyl groups is 1. The van der Waals surface area contributed by atoms with E-state index in [1.807, 2.05) is 13.8 Å². The monoisotopic (exact) mass is 171 g/mol. The summed E-state index contributed by atoms with van der Waals surface area (Å²) in [5.74, 6) is 0. The number of hydrogen-bond acceptors (Lipinski definition) is 2. The standard InChI is InChI=1S/C10H21NO/c1-10(2,12)7-3-5-9-6-4-8-11-9/h9,11-12H,3-8H2,1-2H3. The highest BCUT2D eigenvalue weighted by molar-refractivity contribution is 4.75. The van der Waals surface area contributed by atoms with Crippen LogP contribution >= 0.6 is 0 Å². The third-order valence-corrected chi connectivity index (χ3v) is 2.50. The summed E-state index contributed by atoms with van der Waals surface area (Å²) < 4.78 is 0. The molecule has 2 N–H and O–H groups in total. The molecule has 0 amide bonds. The van der Waals surface area contributed by atoms with Crippen LogP contribution in [0.3, 0.4) is 0 Å². The Bertz CT molecular complexity index is 122. The lowest BCUT2D eigenvalue weighted by molar-refractivity contribution is 0.0675. The zero-order valence-corrected chi connectivity index (χ0v) is 8.27. The summed E-state index contributed by atoms with van der Waals surface area (Å²) in [6, 6.07) is 0.729. The molecule has 1 rings (SSSR count). The van der Waals surface area contributed by atoms with E-state index in [0.29, 0.717) is 0 Å². The van der Waals surface area contributed by atoms with Crippen molar-refractivity contribution in [3.8, 4) is 0 Å². The molecule has 0 saturated carbocycles. The van der Waals surface area contributed by atoms with Gasteiger partial charge in [0.25, 0.3) is 0 Å². The first-order chi connectivity index (χ1) is 5.58. The highest BCUT2D eigenvalue weighted by Crippen LogP contribution is 2.16. The Kier molecular flexibility index (Phi) is 3.53. The summed E-state index contributed by atoms with van der Waals surface area (Å²) in [6.45, 7) is 4.96. The van der Waals surface area contributed by atoms with Crippen molar-refractivity contribution in [3.05, 3.63) is 0 Å². The Balaban J connectivity index is 2.02. The van der Waals surface area contributed by atoms with Crippen LogP contribution in [-0.2, 0) is 0 Å². The van der Waals surface area contributed by atoms with E-state index in [2.05, 4.69) is 5.32 Å². The van der Waals surface area contributed by atoms with Crippen molar-refractivity contribution < 1.29 is 5.11 Å². The first-order valence-corrected chi connectivity index (χ1v) is 5.04. The van der Waals surface area contributed by atoms with E-state index < -0.39 is 5.60 Å². The molecule has 1 aliphatic rings. The molecule has 0 aromatic rings. The zero-order chi connectivity index (χ0) is 9.03. The molecule has 0 bridgehead atoms. The molecule has 2 heteroatoms. The second kappa shape index (κ2) is 4.24. The molecule has 0 aromatic heterocycles. The van der Waals surface area contributed by atoms with Crippen LogP contribution in [0.5, 0.6) is 0 Å². The SMILES string of the molecule is CC(C)(O)CCCC1CCCN1. The maximum absolute atomic E-state index is 9.47. The van der Waals surface area contributed by atoms with Crippen LogP contribution in [-0.4, -0.2) is 23.3 Å². The first kappa shape index (κ1) is 10.0. The molecular formula is C10H21NO. The number of nitrogens with one attached hydrogen (secondary N) is 1. The Morgan fingerprint density at radius 1 is 1.50 bits per heavy atom. The Morgan fingerprint density at radius 2 is 2.25 bits per heavy atom. The highest BCUT2D eigenvalue weighted by Gasteiger charge is 2.16. The van der Waals surface area contributed by atoms with Crippen LogP contribution in [0.25, 0.3) is 0 Å². The van der Waals surface area contributed by atoms with Crippen molar-refractivity contribution >= 4 is 0 Å². The van der Waals surface area contributed by atoms with Gasteiger partial charge >= 0.3 is 0 Å². The molecule has 72 valence electrons. The van der Waals surface area contributed by atoms with Gasteiger partial charge in [-0.15, -0.1) is 0 Å². The molecule has 1 unspecified atom stereocenters. The van der Waals surface area contributed by atoms with Crippen LogP contribution in [0, 0.1) is 0 Å². The van der Waals surface area contributed by atoms with Crippen LogP contribution in [0.4, 0.5) is 0 Å². The van der Waals surface area contributed by atoms with Gasteiger partial charge in [-0.1, -0.05) is 0 Å². The fourth-order valence-corrected chi connectivity index (χ4v) is 1.78. The number of hydrogen-bond donors (Lipinski definition) is 2. The second-order valence-corrected chi connectivity index (χ2v) is 4.50. The number of rotatable bonds is 4. The maximum atomic E-state index is 9.47. The Morgan fingerprint density at radius 3 is 2.75 bits per heavy atom. The van der Waals surface area contributed by atoms with Crippen molar-refractivity contribution in [2.45, 2.75) is 57.6 Å². The molecular weight excluding hydrogens is 150 g/mol. The van der Waals surface area contributed by atoms with E-state index in [1.165, 1.54) is 25.8 Å². The molecule has 1 atom stereocenters. The van der Waals surface area contributed by atoms with Gasteiger partial charge in [-0.05, 0) is 52.5 Å². The van der Waals surface area contributed by atoms with E-state index >= 15 is 0 Å². The smallest absolute Gasteiger partial charge is 0.0591 e. The predicted octanol–water partition coefficient (Wildman–Crippen LogP) is 1.68. The topological polar surface area (TPSA) is 32.3 Å². The molecule has 1 aliphatic heterocycles. The average molecular weight is 171 g/mol. The molecule has 1 fully saturated rings. The van der Waals surface area contributed by atoms with Crippen molar-refractivity contribution in [2.75, 3.05) is 6.54 Å². The predicted molar refractivity (Wildman–Crippen MR) is 51.2 cm³/mol. The summed E-state index contributed by atoms with van der Waals surface area (Å²) in [6.07, 6.45) is 5.94. The Hall–Kier alpha value is -0.0800. The van der Waals surface area contributed by atoms with E-state index in [9.17, 15) is 5.11 Å². The molecule has 1 heterocycles. The largest absolute Gasteiger partial charge is 0.390 e. The lowest BCUT2D eigenvalue weighted by atomic mass is 9.99. The summed E-state index contributed by atoms with van der Waals surface area (Å²) in [5, 5.41) is 12.9. The van der Waals surface area contributed by atoms with Gasteiger partial charge in [-0.25, -0.2) is 0 Å². The minimum atomic E-state index is -0.474. The highest BCUT2D eigenvalue weighted by atomic mass is 16.3. The minimum absolute atomic E-state index is 0.474. The first-order valence-electron chi connectivity index (χ1n) is 5.04. The van der Waals surface area contributed by atoms with Crippen LogP contribution in [0.2, 0.25) is 0 Å². The fourth-order valence-electron chi connectivity index (χ4n) is 1.78. The summed E-state index contributed by atoms with van der Waals surface area (Å²) >= 11 is 0.